The lowest BCUT2D eigenvalue weighted by Gasteiger charge is -2.39. The highest BCUT2D eigenvalue weighted by Gasteiger charge is 2.35. The van der Waals surface area contributed by atoms with Crippen LogP contribution in [0.1, 0.15) is 31.7 Å². The zero-order valence-corrected chi connectivity index (χ0v) is 18.7. The molecule has 9 heteroatoms. The monoisotopic (exact) mass is 462 g/mol. The van der Waals surface area contributed by atoms with Gasteiger partial charge in [0.05, 0.1) is 25.1 Å². The van der Waals surface area contributed by atoms with Crippen LogP contribution in [0.3, 0.4) is 0 Å². The molecule has 1 fully saturated rings. The number of carbonyl (C=O) groups is 1. The molecule has 2 aromatic rings. The topological polar surface area (TPSA) is 80.3 Å². The highest BCUT2D eigenvalue weighted by Crippen LogP contribution is 2.38. The maximum absolute atomic E-state index is 14.7. The third-order valence-electron chi connectivity index (χ3n) is 6.15. The standard InChI is InChI=1S/C24H28F2N2O5/c1-3-32-21-12-17(26)18(13-20(21)31-2)28-10-8-24(30,9-11-28)14-33-19-6-5-16(25)23-15(19)4-7-22(29)27-23/h5-6,12-13,30H,3-4,7-11,14H2,1-2H3,(H,27,29). The maximum atomic E-state index is 14.7. The van der Waals surface area contributed by atoms with Crippen LogP contribution in [0.4, 0.5) is 20.2 Å². The third-order valence-corrected chi connectivity index (χ3v) is 6.15. The number of anilines is 2. The van der Waals surface area contributed by atoms with E-state index in [0.717, 1.165) is 0 Å². The Morgan fingerprint density at radius 3 is 2.52 bits per heavy atom. The summed E-state index contributed by atoms with van der Waals surface area (Å²) in [5.41, 5.74) is 0.0212. The van der Waals surface area contributed by atoms with E-state index in [9.17, 15) is 18.7 Å². The van der Waals surface area contributed by atoms with E-state index in [-0.39, 0.29) is 24.6 Å². The van der Waals surface area contributed by atoms with Gasteiger partial charge in [0.15, 0.2) is 11.5 Å². The van der Waals surface area contributed by atoms with E-state index in [1.165, 1.54) is 25.3 Å². The van der Waals surface area contributed by atoms with Crippen molar-refractivity contribution in [3.8, 4) is 17.2 Å². The predicted octanol–water partition coefficient (Wildman–Crippen LogP) is 3.67. The van der Waals surface area contributed by atoms with Crippen LogP contribution < -0.4 is 24.4 Å². The molecule has 178 valence electrons. The van der Waals surface area contributed by atoms with Crippen LogP contribution in [0.25, 0.3) is 0 Å². The second kappa shape index (κ2) is 9.43. The van der Waals surface area contributed by atoms with Gasteiger partial charge in [0.2, 0.25) is 5.91 Å². The summed E-state index contributed by atoms with van der Waals surface area (Å²) in [6.07, 6.45) is 1.35. The molecule has 0 saturated carbocycles. The van der Waals surface area contributed by atoms with Crippen LogP contribution in [-0.2, 0) is 11.2 Å². The smallest absolute Gasteiger partial charge is 0.224 e. The molecule has 0 aromatic heterocycles. The summed E-state index contributed by atoms with van der Waals surface area (Å²) in [6.45, 7) is 3.07. The van der Waals surface area contributed by atoms with Crippen LogP contribution in [0.15, 0.2) is 24.3 Å². The SMILES string of the molecule is CCOc1cc(F)c(N2CCC(O)(COc3ccc(F)c4c3CCC(=O)N4)CC2)cc1OC. The second-order valence-corrected chi connectivity index (χ2v) is 8.33. The van der Waals surface area contributed by atoms with E-state index in [1.807, 2.05) is 11.8 Å². The average Bonchev–Trinajstić information content (AvgIpc) is 2.80. The number of ether oxygens (including phenoxy) is 3. The van der Waals surface area contributed by atoms with Crippen LogP contribution >= 0.6 is 0 Å². The first-order valence-electron chi connectivity index (χ1n) is 11.0. The number of hydrogen-bond donors (Lipinski definition) is 2. The Hall–Kier alpha value is -3.07. The van der Waals surface area contributed by atoms with Crippen molar-refractivity contribution in [1.29, 1.82) is 0 Å². The van der Waals surface area contributed by atoms with Gasteiger partial charge in [-0.2, -0.15) is 0 Å². The molecule has 0 aliphatic carbocycles. The second-order valence-electron chi connectivity index (χ2n) is 8.33. The number of fused-ring (bicyclic) bond motifs is 1. The first-order valence-corrected chi connectivity index (χ1v) is 11.0. The summed E-state index contributed by atoms with van der Waals surface area (Å²) in [5, 5.41) is 13.6. The van der Waals surface area contributed by atoms with Crippen molar-refractivity contribution < 1.29 is 32.9 Å². The van der Waals surface area contributed by atoms with Crippen LogP contribution in [-0.4, -0.2) is 50.0 Å². The van der Waals surface area contributed by atoms with E-state index in [2.05, 4.69) is 5.32 Å². The highest BCUT2D eigenvalue weighted by molar-refractivity contribution is 5.94. The molecule has 0 atom stereocenters. The quantitative estimate of drug-likeness (QED) is 0.654. The lowest BCUT2D eigenvalue weighted by molar-refractivity contribution is -0.116. The van der Waals surface area contributed by atoms with Gasteiger partial charge in [-0.1, -0.05) is 0 Å². The first-order chi connectivity index (χ1) is 15.8. The van der Waals surface area contributed by atoms with E-state index >= 15 is 0 Å². The summed E-state index contributed by atoms with van der Waals surface area (Å²) in [4.78, 5) is 13.5. The number of hydrogen-bond acceptors (Lipinski definition) is 6. The molecule has 0 unspecified atom stereocenters. The molecule has 0 radical (unpaired) electrons. The summed E-state index contributed by atoms with van der Waals surface area (Å²) < 4.78 is 45.5. The van der Waals surface area contributed by atoms with Crippen molar-refractivity contribution in [1.82, 2.24) is 0 Å². The Morgan fingerprint density at radius 2 is 1.82 bits per heavy atom. The van der Waals surface area contributed by atoms with Crippen LogP contribution in [0, 0.1) is 11.6 Å². The fourth-order valence-electron chi connectivity index (χ4n) is 4.27. The zero-order chi connectivity index (χ0) is 23.6. The summed E-state index contributed by atoms with van der Waals surface area (Å²) >= 11 is 0. The Balaban J connectivity index is 1.42. The Morgan fingerprint density at radius 1 is 1.06 bits per heavy atom. The normalized spacial score (nSPS) is 17.2. The number of aliphatic hydroxyl groups is 1. The summed E-state index contributed by atoms with van der Waals surface area (Å²) in [5.74, 6) is 0.0889. The highest BCUT2D eigenvalue weighted by atomic mass is 19.1. The number of piperidine rings is 1. The number of nitrogens with one attached hydrogen (secondary N) is 1. The molecule has 33 heavy (non-hydrogen) atoms. The van der Waals surface area contributed by atoms with Crippen molar-refractivity contribution in [3.63, 3.8) is 0 Å². The van der Waals surface area contributed by atoms with Gasteiger partial charge in [-0.3, -0.25) is 4.79 Å². The maximum Gasteiger partial charge on any atom is 0.224 e. The first kappa shape index (κ1) is 23.1. The lowest BCUT2D eigenvalue weighted by atomic mass is 9.92. The van der Waals surface area contributed by atoms with Crippen LogP contribution in [0.5, 0.6) is 17.2 Å². The molecule has 2 aliphatic rings. The molecule has 2 heterocycles. The average molecular weight is 462 g/mol. The Bertz CT molecular complexity index is 1040. The molecule has 2 N–H and O–H groups in total. The fourth-order valence-corrected chi connectivity index (χ4v) is 4.27. The molecule has 7 nitrogen and oxygen atoms in total. The minimum atomic E-state index is -1.11. The predicted molar refractivity (Wildman–Crippen MR) is 119 cm³/mol. The van der Waals surface area contributed by atoms with Crippen molar-refractivity contribution in [2.75, 3.05) is 43.6 Å². The third kappa shape index (κ3) is 4.83. The van der Waals surface area contributed by atoms with Gasteiger partial charge in [-0.25, -0.2) is 8.78 Å². The number of benzene rings is 2. The van der Waals surface area contributed by atoms with E-state index in [0.29, 0.717) is 67.5 Å². The van der Waals surface area contributed by atoms with Crippen molar-refractivity contribution >= 4 is 17.3 Å². The molecule has 0 bridgehead atoms. The van der Waals surface area contributed by atoms with Gasteiger partial charge < -0.3 is 29.5 Å². The lowest BCUT2D eigenvalue weighted by Crippen LogP contribution is -2.48. The number of carbonyl (C=O) groups excluding carboxylic acids is 1. The summed E-state index contributed by atoms with van der Waals surface area (Å²) in [7, 11) is 1.51. The van der Waals surface area contributed by atoms with Crippen molar-refractivity contribution in [2.24, 2.45) is 0 Å². The number of rotatable bonds is 7. The largest absolute Gasteiger partial charge is 0.493 e. The molecular formula is C24H28F2N2O5. The minimum absolute atomic E-state index is 0.0158. The number of halogens is 2. The Labute approximate surface area is 191 Å². The van der Waals surface area contributed by atoms with Crippen molar-refractivity contribution in [2.45, 2.75) is 38.2 Å². The molecule has 1 amide bonds. The van der Waals surface area contributed by atoms with E-state index < -0.39 is 17.2 Å². The number of nitrogens with zero attached hydrogens (tertiary/aromatic N) is 1. The van der Waals surface area contributed by atoms with E-state index in [4.69, 9.17) is 14.2 Å². The van der Waals surface area contributed by atoms with Gasteiger partial charge in [-0.05, 0) is 38.3 Å². The molecular weight excluding hydrogens is 434 g/mol. The number of methoxy groups -OCH3 is 1. The molecule has 2 aromatic carbocycles. The molecule has 4 rings (SSSR count). The van der Waals surface area contributed by atoms with E-state index in [1.54, 1.807) is 6.07 Å². The Kier molecular flexibility index (Phi) is 6.60. The zero-order valence-electron chi connectivity index (χ0n) is 18.7. The van der Waals surface area contributed by atoms with Crippen LogP contribution in [0.2, 0.25) is 0 Å². The number of amides is 1. The molecule has 2 aliphatic heterocycles. The fraction of sp³-hybridized carbons (Fsp3) is 0.458. The minimum Gasteiger partial charge on any atom is -0.493 e. The van der Waals surface area contributed by atoms with Gasteiger partial charge in [0, 0.05) is 37.2 Å². The van der Waals surface area contributed by atoms with Gasteiger partial charge in [0.25, 0.3) is 0 Å². The summed E-state index contributed by atoms with van der Waals surface area (Å²) in [6, 6.07) is 5.69. The molecule has 0 spiro atoms. The van der Waals surface area contributed by atoms with Gasteiger partial charge in [0.1, 0.15) is 29.6 Å². The van der Waals surface area contributed by atoms with Crippen molar-refractivity contribution in [3.05, 3.63) is 41.5 Å². The van der Waals surface area contributed by atoms with Gasteiger partial charge >= 0.3 is 0 Å². The molecule has 1 saturated heterocycles. The van der Waals surface area contributed by atoms with Gasteiger partial charge in [-0.15, -0.1) is 0 Å².